The van der Waals surface area contributed by atoms with Gasteiger partial charge in [0.15, 0.2) is 0 Å². The lowest BCUT2D eigenvalue weighted by Crippen LogP contribution is -2.19. The molecule has 0 aliphatic rings. The van der Waals surface area contributed by atoms with E-state index in [4.69, 9.17) is 19.3 Å². The van der Waals surface area contributed by atoms with Crippen molar-refractivity contribution in [2.24, 2.45) is 0 Å². The van der Waals surface area contributed by atoms with Gasteiger partial charge in [0.05, 0.1) is 12.3 Å². The van der Waals surface area contributed by atoms with E-state index in [-0.39, 0.29) is 31.9 Å². The van der Waals surface area contributed by atoms with Crippen molar-refractivity contribution >= 4 is 17.7 Å². The molecule has 33 heavy (non-hydrogen) atoms. The summed E-state index contributed by atoms with van der Waals surface area (Å²) in [4.78, 5) is 24.2. The lowest BCUT2D eigenvalue weighted by Gasteiger charge is -2.20. The first-order valence-electron chi connectivity index (χ1n) is 10.0. The monoisotopic (exact) mass is 461 g/mol. The van der Waals surface area contributed by atoms with Crippen LogP contribution in [-0.2, 0) is 14.3 Å². The number of hydrogen-bond donors (Lipinski definition) is 2. The molecule has 2 aromatic rings. The number of aliphatic hydroxyl groups is 1. The smallest absolute Gasteiger partial charge is 0.412 e. The van der Waals surface area contributed by atoms with Gasteiger partial charge >= 0.3 is 12.1 Å². The summed E-state index contributed by atoms with van der Waals surface area (Å²) >= 11 is 0. The van der Waals surface area contributed by atoms with Gasteiger partial charge in [0.1, 0.15) is 36.7 Å². The van der Waals surface area contributed by atoms with Crippen molar-refractivity contribution in [3.05, 3.63) is 84.0 Å². The van der Waals surface area contributed by atoms with E-state index in [2.05, 4.69) is 11.9 Å². The van der Waals surface area contributed by atoms with Gasteiger partial charge in [-0.25, -0.2) is 18.4 Å². The van der Waals surface area contributed by atoms with Crippen LogP contribution in [-0.4, -0.2) is 37.0 Å². The molecule has 0 fully saturated rings. The number of anilines is 1. The number of hydrogen-bond acceptors (Lipinski definition) is 6. The van der Waals surface area contributed by atoms with E-state index in [9.17, 15) is 18.4 Å². The summed E-state index contributed by atoms with van der Waals surface area (Å²) in [5.74, 6) is -1.80. The molecule has 0 radical (unpaired) electrons. The molecular formula is C24H25F2NO6. The Kier molecular flexibility index (Phi) is 10.0. The molecule has 0 saturated carbocycles. The predicted molar refractivity (Wildman–Crippen MR) is 118 cm³/mol. The second-order valence-corrected chi connectivity index (χ2v) is 6.90. The van der Waals surface area contributed by atoms with Gasteiger partial charge < -0.3 is 19.3 Å². The van der Waals surface area contributed by atoms with Crippen LogP contribution in [0.3, 0.4) is 0 Å². The maximum Gasteiger partial charge on any atom is 0.412 e. The first kappa shape index (κ1) is 25.5. The standard InChI is InChI=1S/C24H25F2NO6/c1-3-11-32-23(29)14-16(2)13-22(17-4-7-19(8-5-17)31-12-10-28)33-24(30)27-21-9-6-18(25)15-20(21)26/h3-9,14-15,22,28H,1,10-13H2,2H3,(H,27,30)/b16-14+/t22-/m0/s1. The van der Waals surface area contributed by atoms with Gasteiger partial charge in [-0.1, -0.05) is 30.4 Å². The van der Waals surface area contributed by atoms with Gasteiger partial charge in [-0.15, -0.1) is 0 Å². The van der Waals surface area contributed by atoms with Crippen molar-refractivity contribution in [3.63, 3.8) is 0 Å². The fraction of sp³-hybridized carbons (Fsp3) is 0.250. The average molecular weight is 461 g/mol. The number of aliphatic hydroxyl groups excluding tert-OH is 1. The highest BCUT2D eigenvalue weighted by Gasteiger charge is 2.19. The number of carbonyl (C=O) groups excluding carboxylic acids is 2. The maximum absolute atomic E-state index is 13.9. The Labute approximate surface area is 190 Å². The molecule has 2 rings (SSSR count). The summed E-state index contributed by atoms with van der Waals surface area (Å²) in [5, 5.41) is 11.1. The molecule has 2 N–H and O–H groups in total. The minimum Gasteiger partial charge on any atom is -0.491 e. The number of esters is 1. The second kappa shape index (κ2) is 13.0. The Morgan fingerprint density at radius 3 is 2.55 bits per heavy atom. The van der Waals surface area contributed by atoms with Gasteiger partial charge in [-0.3, -0.25) is 5.32 Å². The maximum atomic E-state index is 13.9. The second-order valence-electron chi connectivity index (χ2n) is 6.90. The molecule has 7 nitrogen and oxygen atoms in total. The number of ether oxygens (including phenoxy) is 3. The molecule has 9 heteroatoms. The Balaban J connectivity index is 2.18. The van der Waals surface area contributed by atoms with Crippen LogP contribution in [0.2, 0.25) is 0 Å². The molecule has 0 spiro atoms. The molecule has 0 saturated heterocycles. The zero-order valence-electron chi connectivity index (χ0n) is 18.1. The summed E-state index contributed by atoms with van der Waals surface area (Å²) < 4.78 is 42.7. The highest BCUT2D eigenvalue weighted by molar-refractivity contribution is 5.85. The summed E-state index contributed by atoms with van der Waals surface area (Å²) in [7, 11) is 0. The minimum atomic E-state index is -0.965. The number of carbonyl (C=O) groups is 2. The summed E-state index contributed by atoms with van der Waals surface area (Å²) in [6.45, 7) is 5.18. The van der Waals surface area contributed by atoms with Crippen LogP contribution in [0.4, 0.5) is 19.3 Å². The lowest BCUT2D eigenvalue weighted by atomic mass is 10.0. The van der Waals surface area contributed by atoms with Gasteiger partial charge in [0.25, 0.3) is 0 Å². The molecule has 1 amide bonds. The van der Waals surface area contributed by atoms with Crippen LogP contribution in [0.1, 0.15) is 25.0 Å². The summed E-state index contributed by atoms with van der Waals surface area (Å²) in [6.07, 6.45) is 1.04. The Morgan fingerprint density at radius 2 is 1.91 bits per heavy atom. The third kappa shape index (κ3) is 8.74. The van der Waals surface area contributed by atoms with E-state index in [1.807, 2.05) is 0 Å². The first-order chi connectivity index (χ1) is 15.8. The van der Waals surface area contributed by atoms with Gasteiger partial charge in [-0.2, -0.15) is 0 Å². The zero-order valence-corrected chi connectivity index (χ0v) is 18.1. The topological polar surface area (TPSA) is 94.1 Å². The molecule has 176 valence electrons. The van der Waals surface area contributed by atoms with Crippen LogP contribution in [0.25, 0.3) is 0 Å². The van der Waals surface area contributed by atoms with E-state index in [1.54, 1.807) is 31.2 Å². The number of halogens is 2. The largest absolute Gasteiger partial charge is 0.491 e. The molecule has 0 unspecified atom stereocenters. The summed E-state index contributed by atoms with van der Waals surface area (Å²) in [6, 6.07) is 9.31. The molecule has 2 aromatic carbocycles. The van der Waals surface area contributed by atoms with Crippen molar-refractivity contribution in [1.82, 2.24) is 0 Å². The third-order valence-corrected chi connectivity index (χ3v) is 4.24. The lowest BCUT2D eigenvalue weighted by molar-refractivity contribution is -0.136. The molecular weight excluding hydrogens is 436 g/mol. The fourth-order valence-electron chi connectivity index (χ4n) is 2.76. The van der Waals surface area contributed by atoms with Gasteiger partial charge in [-0.05, 0) is 36.8 Å². The van der Waals surface area contributed by atoms with Crippen LogP contribution in [0.5, 0.6) is 5.75 Å². The molecule has 0 aromatic heterocycles. The van der Waals surface area contributed by atoms with Crippen molar-refractivity contribution in [2.45, 2.75) is 19.4 Å². The number of rotatable bonds is 11. The molecule has 0 aliphatic heterocycles. The Hall–Kier alpha value is -3.72. The van der Waals surface area contributed by atoms with Crippen molar-refractivity contribution in [1.29, 1.82) is 0 Å². The summed E-state index contributed by atoms with van der Waals surface area (Å²) in [5.41, 5.74) is 0.900. The first-order valence-corrected chi connectivity index (χ1v) is 10.0. The van der Waals surface area contributed by atoms with Gasteiger partial charge in [0.2, 0.25) is 0 Å². The van der Waals surface area contributed by atoms with Crippen LogP contribution in [0.15, 0.2) is 66.8 Å². The van der Waals surface area contributed by atoms with E-state index in [0.29, 0.717) is 23.0 Å². The molecule has 0 aliphatic carbocycles. The van der Waals surface area contributed by atoms with Crippen molar-refractivity contribution in [2.75, 3.05) is 25.1 Å². The van der Waals surface area contributed by atoms with Crippen molar-refractivity contribution in [3.8, 4) is 5.75 Å². The van der Waals surface area contributed by atoms with E-state index in [1.165, 1.54) is 12.2 Å². The van der Waals surface area contributed by atoms with E-state index in [0.717, 1.165) is 12.1 Å². The highest BCUT2D eigenvalue weighted by Crippen LogP contribution is 2.28. The quantitative estimate of drug-likeness (QED) is 0.286. The van der Waals surface area contributed by atoms with E-state index < -0.39 is 29.8 Å². The fourth-order valence-corrected chi connectivity index (χ4v) is 2.76. The van der Waals surface area contributed by atoms with E-state index >= 15 is 0 Å². The minimum absolute atomic E-state index is 0.0590. The van der Waals surface area contributed by atoms with Crippen LogP contribution in [0, 0.1) is 11.6 Å². The highest BCUT2D eigenvalue weighted by atomic mass is 19.1. The average Bonchev–Trinajstić information content (AvgIpc) is 2.78. The molecule has 1 atom stereocenters. The van der Waals surface area contributed by atoms with Crippen LogP contribution >= 0.6 is 0 Å². The SMILES string of the molecule is C=CCOC(=O)/C=C(\C)C[C@H](OC(=O)Nc1ccc(F)cc1F)c1ccc(OCCO)cc1. The van der Waals surface area contributed by atoms with Crippen molar-refractivity contribution < 1.29 is 37.7 Å². The van der Waals surface area contributed by atoms with Crippen LogP contribution < -0.4 is 10.1 Å². The molecule has 0 heterocycles. The predicted octanol–water partition coefficient (Wildman–Crippen LogP) is 4.69. The number of nitrogens with one attached hydrogen (secondary N) is 1. The number of benzene rings is 2. The number of amides is 1. The Morgan fingerprint density at radius 1 is 1.18 bits per heavy atom. The van der Waals surface area contributed by atoms with Gasteiger partial charge in [0, 0.05) is 18.6 Å². The Bertz CT molecular complexity index is 991. The normalized spacial score (nSPS) is 11.9. The molecule has 0 bridgehead atoms. The zero-order chi connectivity index (χ0) is 24.2. The third-order valence-electron chi connectivity index (χ3n) is 4.24.